The summed E-state index contributed by atoms with van der Waals surface area (Å²) in [6.07, 6.45) is 0.204. The highest BCUT2D eigenvalue weighted by Crippen LogP contribution is 2.38. The molecule has 210 valence electrons. The fraction of sp³-hybridized carbons (Fsp3) is 0.286. The number of hydrogen-bond acceptors (Lipinski definition) is 5. The van der Waals surface area contributed by atoms with Crippen LogP contribution < -0.4 is 5.06 Å². The molecule has 0 bridgehead atoms. The van der Waals surface area contributed by atoms with Crippen molar-refractivity contribution in [1.82, 2.24) is 4.90 Å². The average molecular weight is 698 g/mol. The van der Waals surface area contributed by atoms with Crippen molar-refractivity contribution in [1.29, 1.82) is 0 Å². The molecule has 4 atom stereocenters. The number of nitrogens with zero attached hydrogens (tertiary/aromatic N) is 2. The van der Waals surface area contributed by atoms with E-state index in [1.807, 2.05) is 6.07 Å². The first-order chi connectivity index (χ1) is 19.0. The van der Waals surface area contributed by atoms with Gasteiger partial charge in [-0.05, 0) is 90.4 Å². The van der Waals surface area contributed by atoms with Gasteiger partial charge in [0.2, 0.25) is 0 Å². The molecule has 4 unspecified atom stereocenters. The topological polar surface area (TPSA) is 128 Å². The number of nitrogens with one attached hydrogen (secondary N) is 1. The van der Waals surface area contributed by atoms with Gasteiger partial charge < -0.3 is 15.4 Å². The third-order valence-electron chi connectivity index (χ3n) is 7.13. The number of benzene rings is 3. The first kappa shape index (κ1) is 30.2. The maximum atomic E-state index is 14.5. The van der Waals surface area contributed by atoms with Crippen LogP contribution in [-0.4, -0.2) is 26.8 Å². The Morgan fingerprint density at radius 1 is 1.12 bits per heavy atom. The molecule has 1 heterocycles. The number of carboxylic acid groups (broad SMARTS) is 1. The van der Waals surface area contributed by atoms with E-state index >= 15 is 0 Å². The van der Waals surface area contributed by atoms with Crippen LogP contribution >= 0.6 is 45.8 Å². The van der Waals surface area contributed by atoms with Crippen LogP contribution in [0.2, 0.25) is 10.0 Å². The Morgan fingerprint density at radius 3 is 2.48 bits per heavy atom. The van der Waals surface area contributed by atoms with Crippen LogP contribution in [0.5, 0.6) is 0 Å². The lowest BCUT2D eigenvalue weighted by Crippen LogP contribution is -3.09. The van der Waals surface area contributed by atoms with Gasteiger partial charge in [0.1, 0.15) is 11.1 Å². The first-order valence-corrected chi connectivity index (χ1v) is 14.4. The molecule has 9 nitrogen and oxygen atoms in total. The summed E-state index contributed by atoms with van der Waals surface area (Å²) in [5.74, 6) is -1.30. The van der Waals surface area contributed by atoms with Crippen molar-refractivity contribution in [3.05, 3.63) is 112 Å². The minimum atomic E-state index is -1.02. The number of nitro groups is 1. The lowest BCUT2D eigenvalue weighted by molar-refractivity contribution is -0.926. The van der Waals surface area contributed by atoms with Gasteiger partial charge in [0.25, 0.3) is 11.6 Å². The molecule has 1 aliphatic heterocycles. The number of carboxylic acids is 1. The van der Waals surface area contributed by atoms with E-state index in [4.69, 9.17) is 28.3 Å². The van der Waals surface area contributed by atoms with Crippen LogP contribution in [0, 0.1) is 18.9 Å². The summed E-state index contributed by atoms with van der Waals surface area (Å²) in [7, 11) is 0. The zero-order valence-electron chi connectivity index (χ0n) is 21.4. The summed E-state index contributed by atoms with van der Waals surface area (Å²) in [5, 5.41) is 35.4. The molecule has 4 rings (SSSR count). The van der Waals surface area contributed by atoms with Crippen molar-refractivity contribution in [3.8, 4) is 0 Å². The molecule has 1 amide bonds. The second-order valence-electron chi connectivity index (χ2n) is 9.64. The van der Waals surface area contributed by atoms with Crippen molar-refractivity contribution < 1.29 is 24.7 Å². The van der Waals surface area contributed by atoms with Crippen LogP contribution in [0.3, 0.4) is 0 Å². The number of halogens is 3. The van der Waals surface area contributed by atoms with Gasteiger partial charge in [-0.1, -0.05) is 35.3 Å². The van der Waals surface area contributed by atoms with E-state index in [1.54, 1.807) is 49.4 Å². The van der Waals surface area contributed by atoms with Crippen LogP contribution in [0.4, 0.5) is 5.69 Å². The fourth-order valence-electron chi connectivity index (χ4n) is 5.14. The molecule has 0 aliphatic carbocycles. The third-order valence-corrected chi connectivity index (χ3v) is 8.38. The summed E-state index contributed by atoms with van der Waals surface area (Å²) >= 11 is 14.3. The molecule has 1 aliphatic rings. The first-order valence-electron chi connectivity index (χ1n) is 12.6. The Bertz CT molecular complexity index is 1440. The largest absolute Gasteiger partial charge is 0.632 e. The summed E-state index contributed by atoms with van der Waals surface area (Å²) in [5.41, 5.74) is 1.66. The minimum Gasteiger partial charge on any atom is -0.632 e. The lowest BCUT2D eigenvalue weighted by atomic mass is 9.95. The smallest absolute Gasteiger partial charge is 0.303 e. The van der Waals surface area contributed by atoms with Gasteiger partial charge in [-0.2, -0.15) is 0 Å². The molecule has 12 heteroatoms. The van der Waals surface area contributed by atoms with Crippen molar-refractivity contribution >= 4 is 63.4 Å². The van der Waals surface area contributed by atoms with E-state index in [0.717, 1.165) is 3.57 Å². The molecule has 3 aromatic carbocycles. The lowest BCUT2D eigenvalue weighted by Gasteiger charge is -2.43. The number of rotatable bonds is 9. The second-order valence-corrected chi connectivity index (χ2v) is 11.7. The number of fused-ring (bicyclic) bond motifs is 1. The Labute approximate surface area is 254 Å². The van der Waals surface area contributed by atoms with Crippen molar-refractivity contribution in [2.45, 2.75) is 50.9 Å². The normalized spacial score (nSPS) is 19.6. The highest BCUT2D eigenvalue weighted by Gasteiger charge is 2.43. The zero-order valence-corrected chi connectivity index (χ0v) is 25.0. The Balaban J connectivity index is 1.88. The quantitative estimate of drug-likeness (QED) is 0.0865. The van der Waals surface area contributed by atoms with Crippen molar-refractivity contribution in [2.75, 3.05) is 0 Å². The van der Waals surface area contributed by atoms with Crippen LogP contribution in [-0.2, 0) is 4.79 Å². The summed E-state index contributed by atoms with van der Waals surface area (Å²) < 4.78 is 0.807. The van der Waals surface area contributed by atoms with E-state index in [0.29, 0.717) is 46.5 Å². The number of carbonyl (C=O) groups excluding carboxylic acids is 1. The monoisotopic (exact) mass is 697 g/mol. The number of amides is 1. The number of unbranched alkanes of at least 4 members (excludes halogenated alkanes) is 1. The zero-order chi connectivity index (χ0) is 29.1. The summed E-state index contributed by atoms with van der Waals surface area (Å²) in [6.45, 7) is 1.72. The molecule has 0 radical (unpaired) electrons. The summed E-state index contributed by atoms with van der Waals surface area (Å²) in [4.78, 5) is 37.9. The molecule has 3 aromatic rings. The van der Waals surface area contributed by atoms with E-state index in [-0.39, 0.29) is 28.1 Å². The van der Waals surface area contributed by atoms with Crippen molar-refractivity contribution in [3.63, 3.8) is 0 Å². The van der Waals surface area contributed by atoms with Crippen LogP contribution in [0.15, 0.2) is 60.7 Å². The highest BCUT2D eigenvalue weighted by atomic mass is 127. The SMILES string of the molecule is CC(c1ccc(Cl)c([N+](=O)[O-])c1)N1C(=O)c2cc(I)ccc2C(CCCCC(=O)O)[NH+]([O-])C1c1ccc(Cl)cc1. The number of carbonyl (C=O) groups is 2. The van der Waals surface area contributed by atoms with Gasteiger partial charge >= 0.3 is 5.97 Å². The number of nitro benzene ring substituents is 1. The van der Waals surface area contributed by atoms with Crippen molar-refractivity contribution in [2.24, 2.45) is 0 Å². The molecule has 0 saturated carbocycles. The number of hydrogen-bond donors (Lipinski definition) is 2. The van der Waals surface area contributed by atoms with E-state index in [9.17, 15) is 24.9 Å². The fourth-order valence-corrected chi connectivity index (χ4v) is 5.94. The molecule has 0 aromatic heterocycles. The maximum Gasteiger partial charge on any atom is 0.303 e. The molecule has 0 spiro atoms. The molecule has 40 heavy (non-hydrogen) atoms. The second kappa shape index (κ2) is 12.8. The predicted octanol–water partition coefficient (Wildman–Crippen LogP) is 6.49. The maximum absolute atomic E-state index is 14.5. The third kappa shape index (κ3) is 6.41. The highest BCUT2D eigenvalue weighted by molar-refractivity contribution is 14.1. The summed E-state index contributed by atoms with van der Waals surface area (Å²) in [6, 6.07) is 15.0. The molecular formula is C28H26Cl2IN3O6. The van der Waals surface area contributed by atoms with Gasteiger partial charge in [0, 0.05) is 44.2 Å². The Morgan fingerprint density at radius 2 is 1.82 bits per heavy atom. The van der Waals surface area contributed by atoms with E-state index < -0.39 is 29.1 Å². The van der Waals surface area contributed by atoms with Gasteiger partial charge in [-0.3, -0.25) is 24.6 Å². The number of aliphatic carboxylic acids is 1. The van der Waals surface area contributed by atoms with Crippen LogP contribution in [0.25, 0.3) is 0 Å². The molecular weight excluding hydrogens is 672 g/mol. The average Bonchev–Trinajstić information content (AvgIpc) is 2.99. The standard InChI is InChI=1S/C28H26Cl2IN3O6/c1-16(18-8-13-23(30)25(14-18)34(39)40)32-27(17-6-9-19(29)10-7-17)33(38)24(4-2-3-5-26(35)36)21-12-11-20(31)15-22(21)28(32)37/h6-16,24,27,33H,2-5H2,1H3,(H,35,36). The molecule has 2 N–H and O–H groups in total. The molecule has 0 saturated heterocycles. The predicted molar refractivity (Wildman–Crippen MR) is 159 cm³/mol. The van der Waals surface area contributed by atoms with E-state index in [2.05, 4.69) is 22.6 Å². The van der Waals surface area contributed by atoms with Gasteiger partial charge in [0.15, 0.2) is 6.17 Å². The Hall–Kier alpha value is -2.77. The minimum absolute atomic E-state index is 0.0154. The van der Waals surface area contributed by atoms with E-state index in [1.165, 1.54) is 17.0 Å². The van der Waals surface area contributed by atoms with Crippen LogP contribution in [0.1, 0.15) is 77.9 Å². The Kier molecular flexibility index (Phi) is 9.68. The van der Waals surface area contributed by atoms with Gasteiger partial charge in [-0.25, -0.2) is 0 Å². The number of hydroxylamine groups is 2. The van der Waals surface area contributed by atoms with Gasteiger partial charge in [0.05, 0.1) is 11.0 Å². The van der Waals surface area contributed by atoms with Gasteiger partial charge in [-0.15, -0.1) is 0 Å². The molecule has 0 fully saturated rings. The number of quaternary nitrogens is 1.